The molecule has 0 aliphatic heterocycles. The van der Waals surface area contributed by atoms with Crippen molar-refractivity contribution in [2.75, 3.05) is 7.11 Å². The van der Waals surface area contributed by atoms with Gasteiger partial charge in [0.15, 0.2) is 0 Å². The number of thiophene rings is 3. The number of hydrogen-bond acceptors (Lipinski definition) is 4. The predicted octanol–water partition coefficient (Wildman–Crippen LogP) is 11.2. The van der Waals surface area contributed by atoms with Gasteiger partial charge in [-0.25, -0.2) is 0 Å². The van der Waals surface area contributed by atoms with Crippen LogP contribution in [0.1, 0.15) is 5.56 Å². The SMILES string of the molecule is COc1ccc(-c2ccc(-c3ccc(-c4ccc(-c5ccc(-c6ccc(C(F)(F)F)cc6)s5)s4)s3)cc2)cc1. The van der Waals surface area contributed by atoms with Crippen molar-refractivity contribution in [2.45, 2.75) is 6.18 Å². The van der Waals surface area contributed by atoms with Gasteiger partial charge in [0.1, 0.15) is 5.75 Å². The lowest BCUT2D eigenvalue weighted by Gasteiger charge is -2.06. The summed E-state index contributed by atoms with van der Waals surface area (Å²) in [4.78, 5) is 6.81. The minimum Gasteiger partial charge on any atom is -0.497 e. The van der Waals surface area contributed by atoms with Gasteiger partial charge in [-0.2, -0.15) is 13.2 Å². The van der Waals surface area contributed by atoms with Crippen LogP contribution in [0.25, 0.3) is 51.5 Å². The number of hydrogen-bond donors (Lipinski definition) is 0. The molecule has 194 valence electrons. The molecule has 0 saturated carbocycles. The number of benzene rings is 3. The van der Waals surface area contributed by atoms with Crippen molar-refractivity contribution in [3.8, 4) is 57.3 Å². The molecule has 0 saturated heterocycles. The molecule has 39 heavy (non-hydrogen) atoms. The van der Waals surface area contributed by atoms with Gasteiger partial charge in [0.25, 0.3) is 0 Å². The van der Waals surface area contributed by atoms with E-state index in [2.05, 4.69) is 60.7 Å². The highest BCUT2D eigenvalue weighted by Gasteiger charge is 2.30. The first-order valence-electron chi connectivity index (χ1n) is 12.1. The Morgan fingerprint density at radius 1 is 0.436 bits per heavy atom. The molecule has 0 aliphatic carbocycles. The monoisotopic (exact) mass is 574 g/mol. The van der Waals surface area contributed by atoms with E-state index in [1.54, 1.807) is 41.1 Å². The lowest BCUT2D eigenvalue weighted by Crippen LogP contribution is -2.03. The Labute approximate surface area is 236 Å². The fourth-order valence-electron chi connectivity index (χ4n) is 4.29. The maximum Gasteiger partial charge on any atom is 0.416 e. The van der Waals surface area contributed by atoms with Crippen molar-refractivity contribution in [1.29, 1.82) is 0 Å². The summed E-state index contributed by atoms with van der Waals surface area (Å²) in [5.41, 5.74) is 3.65. The summed E-state index contributed by atoms with van der Waals surface area (Å²) in [5, 5.41) is 0. The van der Waals surface area contributed by atoms with Crippen LogP contribution >= 0.6 is 34.0 Å². The summed E-state index contributed by atoms with van der Waals surface area (Å²) in [7, 11) is 1.67. The summed E-state index contributed by atoms with van der Waals surface area (Å²) in [5.74, 6) is 0.844. The minimum atomic E-state index is -4.32. The molecule has 3 aromatic heterocycles. The van der Waals surface area contributed by atoms with Crippen molar-refractivity contribution in [1.82, 2.24) is 0 Å². The van der Waals surface area contributed by atoms with Crippen LogP contribution in [0.5, 0.6) is 5.75 Å². The topological polar surface area (TPSA) is 9.23 Å². The molecule has 6 rings (SSSR count). The molecular formula is C32H21F3OS3. The molecule has 0 amide bonds. The number of rotatable bonds is 6. The van der Waals surface area contributed by atoms with E-state index in [9.17, 15) is 13.2 Å². The van der Waals surface area contributed by atoms with E-state index in [-0.39, 0.29) is 0 Å². The molecular weight excluding hydrogens is 554 g/mol. The molecule has 0 bridgehead atoms. The van der Waals surface area contributed by atoms with Crippen LogP contribution in [0.15, 0.2) is 109 Å². The third-order valence-electron chi connectivity index (χ3n) is 6.39. The molecule has 0 N–H and O–H groups in total. The fraction of sp³-hybridized carbons (Fsp3) is 0.0625. The first-order chi connectivity index (χ1) is 18.9. The van der Waals surface area contributed by atoms with Gasteiger partial charge in [-0.1, -0.05) is 48.5 Å². The highest BCUT2D eigenvalue weighted by molar-refractivity contribution is 7.27. The van der Waals surface area contributed by atoms with E-state index in [0.29, 0.717) is 0 Å². The largest absolute Gasteiger partial charge is 0.497 e. The standard InChI is InChI=1S/C32H21F3OS3/c1-36-25-12-8-21(9-13-25)20-2-4-22(5-3-20)26-14-16-28(37-26)30-18-19-31(39-30)29-17-15-27(38-29)23-6-10-24(11-7-23)32(33,34)35/h2-19H,1H3. The Morgan fingerprint density at radius 3 is 1.18 bits per heavy atom. The highest BCUT2D eigenvalue weighted by Crippen LogP contribution is 2.43. The van der Waals surface area contributed by atoms with Crippen LogP contribution in [0.4, 0.5) is 13.2 Å². The van der Waals surface area contributed by atoms with E-state index >= 15 is 0 Å². The van der Waals surface area contributed by atoms with Gasteiger partial charge in [-0.3, -0.25) is 0 Å². The summed E-state index contributed by atoms with van der Waals surface area (Å²) in [6, 6.07) is 34.6. The Kier molecular flexibility index (Phi) is 6.89. The second kappa shape index (κ2) is 10.5. The summed E-state index contributed by atoms with van der Waals surface area (Å²) in [6.07, 6.45) is -4.32. The smallest absolute Gasteiger partial charge is 0.416 e. The number of alkyl halides is 3. The van der Waals surface area contributed by atoms with Crippen molar-refractivity contribution in [2.24, 2.45) is 0 Å². The zero-order chi connectivity index (χ0) is 27.0. The van der Waals surface area contributed by atoms with Gasteiger partial charge in [0.05, 0.1) is 12.7 Å². The zero-order valence-corrected chi connectivity index (χ0v) is 23.1. The molecule has 6 aromatic rings. The number of ether oxygens (including phenoxy) is 1. The summed E-state index contributed by atoms with van der Waals surface area (Å²) >= 11 is 5.08. The Bertz CT molecular complexity index is 1700. The molecule has 3 heterocycles. The third-order valence-corrected chi connectivity index (χ3v) is 10.1. The highest BCUT2D eigenvalue weighted by atomic mass is 32.1. The first-order valence-corrected chi connectivity index (χ1v) is 14.5. The molecule has 0 aliphatic rings. The second-order valence-corrected chi connectivity index (χ2v) is 12.1. The quantitative estimate of drug-likeness (QED) is 0.192. The van der Waals surface area contributed by atoms with Gasteiger partial charge >= 0.3 is 6.18 Å². The minimum absolute atomic E-state index is 0.630. The normalized spacial score (nSPS) is 11.6. The van der Waals surface area contributed by atoms with Crippen LogP contribution in [0.3, 0.4) is 0 Å². The average molecular weight is 575 g/mol. The molecule has 0 fully saturated rings. The maximum absolute atomic E-state index is 12.9. The lowest BCUT2D eigenvalue weighted by molar-refractivity contribution is -0.137. The predicted molar refractivity (Wildman–Crippen MR) is 159 cm³/mol. The third kappa shape index (κ3) is 5.43. The molecule has 0 atom stereocenters. The molecule has 7 heteroatoms. The van der Waals surface area contributed by atoms with Crippen LogP contribution in [0.2, 0.25) is 0 Å². The average Bonchev–Trinajstić information content (AvgIpc) is 3.73. The van der Waals surface area contributed by atoms with Crippen molar-refractivity contribution >= 4 is 34.0 Å². The molecule has 1 nitrogen and oxygen atoms in total. The molecule has 3 aromatic carbocycles. The van der Waals surface area contributed by atoms with Crippen molar-refractivity contribution in [3.05, 3.63) is 115 Å². The van der Waals surface area contributed by atoms with E-state index in [4.69, 9.17) is 4.74 Å². The Morgan fingerprint density at radius 2 is 0.769 bits per heavy atom. The van der Waals surface area contributed by atoms with E-state index in [1.807, 2.05) is 24.3 Å². The van der Waals surface area contributed by atoms with Crippen molar-refractivity contribution in [3.63, 3.8) is 0 Å². The van der Waals surface area contributed by atoms with Gasteiger partial charge in [-0.15, -0.1) is 34.0 Å². The number of halogens is 3. The van der Waals surface area contributed by atoms with Crippen LogP contribution in [-0.2, 0) is 6.18 Å². The second-order valence-electron chi connectivity index (χ2n) is 8.87. The van der Waals surface area contributed by atoms with Crippen molar-refractivity contribution < 1.29 is 17.9 Å². The zero-order valence-electron chi connectivity index (χ0n) is 20.7. The van der Waals surface area contributed by atoms with Gasteiger partial charge in [-0.05, 0) is 82.9 Å². The summed E-state index contributed by atoms with van der Waals surface area (Å²) < 4.78 is 43.9. The number of methoxy groups -OCH3 is 1. The fourth-order valence-corrected chi connectivity index (χ4v) is 7.50. The Hall–Kier alpha value is -3.65. The van der Waals surface area contributed by atoms with Gasteiger partial charge in [0.2, 0.25) is 0 Å². The van der Waals surface area contributed by atoms with Crippen LogP contribution < -0.4 is 4.74 Å². The molecule has 0 spiro atoms. The summed E-state index contributed by atoms with van der Waals surface area (Å²) in [6.45, 7) is 0. The lowest BCUT2D eigenvalue weighted by atomic mass is 10.0. The molecule has 0 radical (unpaired) electrons. The van der Waals surface area contributed by atoms with Gasteiger partial charge < -0.3 is 4.74 Å². The van der Waals surface area contributed by atoms with Gasteiger partial charge in [0, 0.05) is 29.3 Å². The van der Waals surface area contributed by atoms with E-state index in [0.717, 1.165) is 49.2 Å². The Balaban J connectivity index is 1.18. The van der Waals surface area contributed by atoms with Crippen LogP contribution in [-0.4, -0.2) is 7.11 Å². The maximum atomic E-state index is 12.9. The van der Waals surface area contributed by atoms with Crippen LogP contribution in [0, 0.1) is 0 Å². The molecule has 0 unspecified atom stereocenters. The van der Waals surface area contributed by atoms with E-state index < -0.39 is 11.7 Å². The first kappa shape index (κ1) is 25.6. The van der Waals surface area contributed by atoms with E-state index in [1.165, 1.54) is 32.3 Å².